The van der Waals surface area contributed by atoms with Crippen molar-refractivity contribution in [1.82, 2.24) is 58.5 Å². The van der Waals surface area contributed by atoms with E-state index in [9.17, 15) is 97.1 Å². The molecule has 0 spiro atoms. The molecule has 84 heavy (non-hydrogen) atoms. The molecule has 0 aromatic heterocycles. The number of hydrogen-bond acceptors (Lipinski definition) is 17. The van der Waals surface area contributed by atoms with Crippen LogP contribution in [-0.4, -0.2) is 195 Å². The van der Waals surface area contributed by atoms with Gasteiger partial charge in [0.25, 0.3) is 0 Å². The van der Waals surface area contributed by atoms with Crippen molar-refractivity contribution in [2.45, 2.75) is 114 Å². The lowest BCUT2D eigenvalue weighted by atomic mass is 10.00. The van der Waals surface area contributed by atoms with Crippen LogP contribution in [0.3, 0.4) is 0 Å². The summed E-state index contributed by atoms with van der Waals surface area (Å²) in [4.78, 5) is 203. The molecule has 2 aromatic rings. The molecule has 0 fully saturated rings. The van der Waals surface area contributed by atoms with E-state index in [-0.39, 0.29) is 19.4 Å². The third-order valence-electron chi connectivity index (χ3n) is 11.6. The topological polar surface area (TPSA) is 533 Å². The highest BCUT2D eigenvalue weighted by atomic mass is 16.4. The lowest BCUT2D eigenvalue weighted by Crippen LogP contribution is -2.61. The van der Waals surface area contributed by atoms with Crippen LogP contribution in [0.4, 0.5) is 0 Å². The fourth-order valence-electron chi connectivity index (χ4n) is 7.53. The molecule has 18 N–H and O–H groups in total. The number of carboxylic acids is 5. The van der Waals surface area contributed by atoms with Crippen molar-refractivity contribution in [2.24, 2.45) is 11.7 Å². The summed E-state index contributed by atoms with van der Waals surface area (Å²) in [5.74, 6) is -21.4. The number of carbonyl (C=O) groups excluding carboxylic acids is 11. The van der Waals surface area contributed by atoms with Crippen LogP contribution in [0.25, 0.3) is 0 Å². The number of rotatable bonds is 38. The smallest absolute Gasteiger partial charge is 0.305 e. The Labute approximate surface area is 478 Å². The highest BCUT2D eigenvalue weighted by Gasteiger charge is 2.36. The second kappa shape index (κ2) is 35.6. The van der Waals surface area contributed by atoms with Crippen molar-refractivity contribution >= 4 is 94.8 Å². The summed E-state index contributed by atoms with van der Waals surface area (Å²) in [5, 5.41) is 71.4. The number of carboxylic acid groups (broad SMARTS) is 5. The Morgan fingerprint density at radius 3 is 1.04 bits per heavy atom. The predicted molar refractivity (Wildman–Crippen MR) is 286 cm³/mol. The molecular weight excluding hydrogens is 1120 g/mol. The molecule has 0 unspecified atom stereocenters. The Kier molecular flexibility index (Phi) is 29.7. The van der Waals surface area contributed by atoms with Crippen molar-refractivity contribution in [2.75, 3.05) is 26.2 Å². The summed E-state index contributed by atoms with van der Waals surface area (Å²) in [5.41, 5.74) is 6.51. The molecule has 11 amide bonds. The van der Waals surface area contributed by atoms with E-state index in [1.807, 2.05) is 31.9 Å². The van der Waals surface area contributed by atoms with Crippen LogP contribution >= 0.6 is 0 Å². The highest BCUT2D eigenvalue weighted by Crippen LogP contribution is 2.11. The van der Waals surface area contributed by atoms with E-state index in [2.05, 4.69) is 26.6 Å². The molecule has 0 saturated heterocycles. The van der Waals surface area contributed by atoms with E-state index in [0.717, 1.165) is 0 Å². The minimum absolute atomic E-state index is 0.130. The first kappa shape index (κ1) is 70.0. The first-order valence-electron chi connectivity index (χ1n) is 25.6. The molecule has 458 valence electrons. The van der Waals surface area contributed by atoms with Crippen molar-refractivity contribution in [1.29, 1.82) is 0 Å². The van der Waals surface area contributed by atoms with Gasteiger partial charge in [-0.2, -0.15) is 0 Å². The quantitative estimate of drug-likeness (QED) is 0.0297. The van der Waals surface area contributed by atoms with Gasteiger partial charge in [-0.05, 0) is 23.6 Å². The average molecular weight is 1190 g/mol. The maximum Gasteiger partial charge on any atom is 0.305 e. The molecule has 33 nitrogen and oxygen atoms in total. The van der Waals surface area contributed by atoms with E-state index in [0.29, 0.717) is 11.1 Å². The van der Waals surface area contributed by atoms with Gasteiger partial charge in [-0.1, -0.05) is 81.4 Å². The van der Waals surface area contributed by atoms with Crippen molar-refractivity contribution in [3.05, 3.63) is 71.8 Å². The van der Waals surface area contributed by atoms with Gasteiger partial charge >= 0.3 is 29.8 Å². The zero-order valence-corrected chi connectivity index (χ0v) is 45.6. The standard InChI is InChI=1S/C51H68N12O21/c1-4-53-28(17-38(67)68)46(79)60-31(18-39(69)70)45(78)56-23-36(65)54-22-35(64)55-24-37(66)57-32(19-40(71)72)48(81)61-34(21-42(75)76)50(83)62-33(20-41(73)74)49(82)58-29(15-26-11-7-5-8-12-26)47(80)59-30(16-27-13-9-6-10-14-27)51(84)63-43(25(2)3)44(52)77/h5-14,25,28-34,43,53H,4,15-24H2,1-3H3,(H2,52,77)(H,54,65)(H,55,64)(H,56,78)(H,57,66)(H,58,82)(H,59,80)(H,60,79)(H,61,81)(H,62,83)(H,63,84)(H,67,68)(H,69,70)(H,71,72)(H,73,74)(H,75,76)/t28-,29-,30-,31-,32-,33-,34-,43-/m0/s1. The number of amides is 11. The number of aliphatic carboxylic acids is 5. The summed E-state index contributed by atoms with van der Waals surface area (Å²) in [6.45, 7) is 2.13. The molecule has 0 aliphatic heterocycles. The monoisotopic (exact) mass is 1180 g/mol. The van der Waals surface area contributed by atoms with Gasteiger partial charge in [0.2, 0.25) is 65.0 Å². The van der Waals surface area contributed by atoms with E-state index in [1.165, 1.54) is 0 Å². The number of primary amides is 1. The van der Waals surface area contributed by atoms with E-state index in [1.54, 1.807) is 81.4 Å². The number of likely N-dealkylation sites (N-methyl/N-ethyl adjacent to an activating group) is 1. The van der Waals surface area contributed by atoms with E-state index in [4.69, 9.17) is 10.8 Å². The molecule has 0 heterocycles. The van der Waals surface area contributed by atoms with Crippen LogP contribution in [-0.2, 0) is 89.6 Å². The molecule has 0 aliphatic carbocycles. The Morgan fingerprint density at radius 1 is 0.381 bits per heavy atom. The van der Waals surface area contributed by atoms with Gasteiger partial charge in [-0.3, -0.25) is 76.7 Å². The van der Waals surface area contributed by atoms with Crippen LogP contribution in [0.2, 0.25) is 0 Å². The maximum atomic E-state index is 14.2. The zero-order chi connectivity index (χ0) is 63.2. The third-order valence-corrected chi connectivity index (χ3v) is 11.6. The minimum atomic E-state index is -2.22. The largest absolute Gasteiger partial charge is 0.481 e. The first-order valence-corrected chi connectivity index (χ1v) is 25.6. The van der Waals surface area contributed by atoms with Crippen molar-refractivity contribution < 1.29 is 102 Å². The summed E-state index contributed by atoms with van der Waals surface area (Å²) in [6, 6.07) is 2.46. The molecule has 2 aromatic carbocycles. The summed E-state index contributed by atoms with van der Waals surface area (Å²) < 4.78 is 0. The van der Waals surface area contributed by atoms with Gasteiger partial charge in [-0.15, -0.1) is 0 Å². The van der Waals surface area contributed by atoms with Gasteiger partial charge < -0.3 is 89.8 Å². The van der Waals surface area contributed by atoms with Crippen molar-refractivity contribution in [3.63, 3.8) is 0 Å². The van der Waals surface area contributed by atoms with Gasteiger partial charge in [0, 0.05) is 12.8 Å². The van der Waals surface area contributed by atoms with Crippen LogP contribution in [0, 0.1) is 5.92 Å². The Bertz CT molecular complexity index is 2730. The molecule has 0 bridgehead atoms. The second-order valence-corrected chi connectivity index (χ2v) is 18.8. The van der Waals surface area contributed by atoms with Gasteiger partial charge in [0.05, 0.1) is 57.8 Å². The van der Waals surface area contributed by atoms with Gasteiger partial charge in [0.1, 0.15) is 42.3 Å². The van der Waals surface area contributed by atoms with Crippen LogP contribution in [0.5, 0.6) is 0 Å². The summed E-state index contributed by atoms with van der Waals surface area (Å²) in [7, 11) is 0. The SMILES string of the molecule is CCN[C@@H](CC(=O)O)C(=O)N[C@@H](CC(=O)O)C(=O)NCC(=O)NCC(=O)NCC(=O)N[C@@H](CC(=O)O)C(=O)N[C@@H](CC(=O)O)C(=O)N[C@@H](CC(=O)O)C(=O)N[C@@H](Cc1ccccc1)C(=O)N[C@@H](Cc1ccccc1)C(=O)N[C@H](C(N)=O)C(C)C. The summed E-state index contributed by atoms with van der Waals surface area (Å²) >= 11 is 0. The number of nitrogens with one attached hydrogen (secondary N) is 11. The van der Waals surface area contributed by atoms with Crippen LogP contribution in [0.15, 0.2) is 60.7 Å². The molecule has 8 atom stereocenters. The van der Waals surface area contributed by atoms with Gasteiger partial charge in [-0.25, -0.2) is 0 Å². The Balaban J connectivity index is 2.23. The van der Waals surface area contributed by atoms with E-state index >= 15 is 0 Å². The molecular formula is C51H68N12O21. The molecule has 0 radical (unpaired) electrons. The number of carbonyl (C=O) groups is 16. The fourth-order valence-corrected chi connectivity index (χ4v) is 7.53. The summed E-state index contributed by atoms with van der Waals surface area (Å²) in [6.07, 6.45) is -5.88. The first-order chi connectivity index (χ1) is 39.5. The second-order valence-electron chi connectivity index (χ2n) is 18.8. The van der Waals surface area contributed by atoms with Gasteiger partial charge in [0.15, 0.2) is 0 Å². The Hall–Kier alpha value is -10.1. The molecule has 0 saturated carbocycles. The fraction of sp³-hybridized carbons (Fsp3) is 0.451. The predicted octanol–water partition coefficient (Wildman–Crippen LogP) is -6.29. The number of benzene rings is 2. The minimum Gasteiger partial charge on any atom is -0.481 e. The number of nitrogens with two attached hydrogens (primary N) is 1. The molecule has 2 rings (SSSR count). The highest BCUT2D eigenvalue weighted by molar-refractivity contribution is 6.00. The molecule has 0 aliphatic rings. The zero-order valence-electron chi connectivity index (χ0n) is 45.6. The average Bonchev–Trinajstić information content (AvgIpc) is 3.56. The maximum absolute atomic E-state index is 14.2. The molecule has 33 heteroatoms. The van der Waals surface area contributed by atoms with Crippen LogP contribution < -0.4 is 64.2 Å². The van der Waals surface area contributed by atoms with Crippen LogP contribution in [0.1, 0.15) is 64.0 Å². The lowest BCUT2D eigenvalue weighted by molar-refractivity contribution is -0.144. The number of hydrogen-bond donors (Lipinski definition) is 17. The third kappa shape index (κ3) is 26.9. The Morgan fingerprint density at radius 2 is 0.679 bits per heavy atom. The van der Waals surface area contributed by atoms with E-state index < -0.39 is 201 Å². The normalized spacial score (nSPS) is 13.6. The van der Waals surface area contributed by atoms with Crippen molar-refractivity contribution in [3.8, 4) is 0 Å². The lowest BCUT2D eigenvalue weighted by Gasteiger charge is -2.27.